The number of nitrogens with zero attached hydrogens (tertiary/aromatic N) is 4. The maximum Gasteiger partial charge on any atom is 0.158 e. The molecule has 2 aromatic rings. The van der Waals surface area contributed by atoms with Crippen molar-refractivity contribution >= 4 is 0 Å². The normalized spacial score (nSPS) is 18.9. The van der Waals surface area contributed by atoms with Crippen LogP contribution in [0.4, 0.5) is 0 Å². The molecule has 1 aromatic heterocycles. The van der Waals surface area contributed by atoms with Gasteiger partial charge in [-0.25, -0.2) is 9.97 Å². The minimum Gasteiger partial charge on any atom is -0.368 e. The first-order valence-corrected chi connectivity index (χ1v) is 8.47. The maximum absolute atomic E-state index is 5.94. The zero-order valence-corrected chi connectivity index (χ0v) is 14.8. The van der Waals surface area contributed by atoms with E-state index < -0.39 is 0 Å². The van der Waals surface area contributed by atoms with Crippen LogP contribution in [0.25, 0.3) is 0 Å². The first-order chi connectivity index (χ1) is 11.6. The molecule has 0 aliphatic carbocycles. The van der Waals surface area contributed by atoms with E-state index in [1.807, 2.05) is 26.4 Å². The molecule has 0 spiro atoms. The van der Waals surface area contributed by atoms with Gasteiger partial charge in [0.25, 0.3) is 0 Å². The summed E-state index contributed by atoms with van der Waals surface area (Å²) < 4.78 is 5.94. The Morgan fingerprint density at radius 1 is 1.25 bits per heavy atom. The predicted octanol–water partition coefficient (Wildman–Crippen LogP) is 2.42. The van der Waals surface area contributed by atoms with Crippen molar-refractivity contribution in [1.29, 1.82) is 0 Å². The third-order valence-corrected chi connectivity index (χ3v) is 4.30. The second kappa shape index (κ2) is 7.83. The third kappa shape index (κ3) is 4.38. The molecule has 0 amide bonds. The largest absolute Gasteiger partial charge is 0.368 e. The SMILES string of the molecule is Cc1ccccc1CN1CCOC(c2nccc(CN(C)C)n2)C1. The Balaban J connectivity index is 1.68. The molecule has 5 nitrogen and oxygen atoms in total. The fraction of sp³-hybridized carbons (Fsp3) is 0.474. The topological polar surface area (TPSA) is 41.5 Å². The van der Waals surface area contributed by atoms with Gasteiger partial charge in [0.15, 0.2) is 5.82 Å². The summed E-state index contributed by atoms with van der Waals surface area (Å²) in [5.74, 6) is 0.795. The van der Waals surface area contributed by atoms with Crippen molar-refractivity contribution in [3.63, 3.8) is 0 Å². The van der Waals surface area contributed by atoms with Gasteiger partial charge in [0, 0.05) is 32.4 Å². The molecule has 2 heterocycles. The highest BCUT2D eigenvalue weighted by Crippen LogP contribution is 2.21. The van der Waals surface area contributed by atoms with E-state index in [2.05, 4.69) is 46.0 Å². The standard InChI is InChI=1S/C19H26N4O/c1-15-6-4-5-7-16(15)12-23-10-11-24-18(14-23)19-20-9-8-17(21-19)13-22(2)3/h4-9,18H,10-14H2,1-3H3. The van der Waals surface area contributed by atoms with Gasteiger partial charge in [-0.05, 0) is 38.2 Å². The monoisotopic (exact) mass is 326 g/mol. The second-order valence-electron chi connectivity index (χ2n) is 6.66. The van der Waals surface area contributed by atoms with Crippen molar-refractivity contribution in [3.05, 3.63) is 59.2 Å². The van der Waals surface area contributed by atoms with E-state index in [0.29, 0.717) is 0 Å². The fourth-order valence-electron chi connectivity index (χ4n) is 3.01. The summed E-state index contributed by atoms with van der Waals surface area (Å²) >= 11 is 0. The Kier molecular flexibility index (Phi) is 5.56. The van der Waals surface area contributed by atoms with E-state index in [-0.39, 0.29) is 6.10 Å². The summed E-state index contributed by atoms with van der Waals surface area (Å²) in [4.78, 5) is 13.7. The van der Waals surface area contributed by atoms with Gasteiger partial charge in [0.05, 0.1) is 12.3 Å². The number of rotatable bonds is 5. The van der Waals surface area contributed by atoms with Crippen LogP contribution in [-0.4, -0.2) is 53.6 Å². The zero-order valence-electron chi connectivity index (χ0n) is 14.8. The number of aromatic nitrogens is 2. The van der Waals surface area contributed by atoms with Gasteiger partial charge in [-0.3, -0.25) is 4.90 Å². The summed E-state index contributed by atoms with van der Waals surface area (Å²) in [6.45, 7) is 6.43. The van der Waals surface area contributed by atoms with Gasteiger partial charge in [-0.1, -0.05) is 24.3 Å². The molecule has 1 fully saturated rings. The number of hydrogen-bond donors (Lipinski definition) is 0. The quantitative estimate of drug-likeness (QED) is 0.844. The molecule has 0 radical (unpaired) electrons. The van der Waals surface area contributed by atoms with Crippen molar-refractivity contribution in [2.45, 2.75) is 26.1 Å². The van der Waals surface area contributed by atoms with Gasteiger partial charge in [-0.2, -0.15) is 0 Å². The minimum absolute atomic E-state index is 0.0510. The van der Waals surface area contributed by atoms with Crippen LogP contribution < -0.4 is 0 Å². The molecule has 1 aliphatic rings. The van der Waals surface area contributed by atoms with Crippen molar-refractivity contribution in [1.82, 2.24) is 19.8 Å². The molecule has 3 rings (SSSR count). The fourth-order valence-corrected chi connectivity index (χ4v) is 3.01. The molecule has 1 unspecified atom stereocenters. The summed E-state index contributed by atoms with van der Waals surface area (Å²) in [5.41, 5.74) is 3.75. The molecular weight excluding hydrogens is 300 g/mol. The van der Waals surface area contributed by atoms with Crippen LogP contribution in [0, 0.1) is 6.92 Å². The van der Waals surface area contributed by atoms with E-state index in [1.165, 1.54) is 11.1 Å². The first-order valence-electron chi connectivity index (χ1n) is 8.47. The van der Waals surface area contributed by atoms with E-state index in [4.69, 9.17) is 9.72 Å². The average Bonchev–Trinajstić information content (AvgIpc) is 2.57. The number of ether oxygens (including phenoxy) is 1. The first kappa shape index (κ1) is 17.0. The molecule has 5 heteroatoms. The maximum atomic E-state index is 5.94. The molecular formula is C19H26N4O. The molecule has 1 aliphatic heterocycles. The summed E-state index contributed by atoms with van der Waals surface area (Å²) in [6.07, 6.45) is 1.79. The minimum atomic E-state index is -0.0510. The molecule has 1 saturated heterocycles. The lowest BCUT2D eigenvalue weighted by molar-refractivity contribution is -0.0374. The van der Waals surface area contributed by atoms with Gasteiger partial charge in [-0.15, -0.1) is 0 Å². The van der Waals surface area contributed by atoms with Crippen LogP contribution in [0.15, 0.2) is 36.5 Å². The highest BCUT2D eigenvalue weighted by atomic mass is 16.5. The van der Waals surface area contributed by atoms with Gasteiger partial charge < -0.3 is 9.64 Å². The molecule has 1 atom stereocenters. The molecule has 24 heavy (non-hydrogen) atoms. The molecule has 0 saturated carbocycles. The number of aryl methyl sites for hydroxylation is 1. The predicted molar refractivity (Wildman–Crippen MR) is 94.6 cm³/mol. The Morgan fingerprint density at radius 2 is 2.08 bits per heavy atom. The van der Waals surface area contributed by atoms with Gasteiger partial charge >= 0.3 is 0 Å². The highest BCUT2D eigenvalue weighted by molar-refractivity contribution is 5.25. The van der Waals surface area contributed by atoms with Crippen LogP contribution in [0.3, 0.4) is 0 Å². The zero-order chi connectivity index (χ0) is 16.9. The summed E-state index contributed by atoms with van der Waals surface area (Å²) in [6, 6.07) is 10.5. The van der Waals surface area contributed by atoms with Gasteiger partial charge in [0.2, 0.25) is 0 Å². The van der Waals surface area contributed by atoms with Crippen LogP contribution in [-0.2, 0) is 17.8 Å². The summed E-state index contributed by atoms with van der Waals surface area (Å²) in [7, 11) is 4.09. The van der Waals surface area contributed by atoms with Crippen molar-refractivity contribution in [2.75, 3.05) is 33.8 Å². The lowest BCUT2D eigenvalue weighted by Gasteiger charge is -2.32. The summed E-state index contributed by atoms with van der Waals surface area (Å²) in [5, 5.41) is 0. The highest BCUT2D eigenvalue weighted by Gasteiger charge is 2.24. The van der Waals surface area contributed by atoms with Crippen LogP contribution in [0.5, 0.6) is 0 Å². The smallest absolute Gasteiger partial charge is 0.158 e. The molecule has 1 aromatic carbocycles. The number of hydrogen-bond acceptors (Lipinski definition) is 5. The van der Waals surface area contributed by atoms with Crippen molar-refractivity contribution < 1.29 is 4.74 Å². The second-order valence-corrected chi connectivity index (χ2v) is 6.66. The van der Waals surface area contributed by atoms with Crippen LogP contribution >= 0.6 is 0 Å². The Labute approximate surface area is 144 Å². The van der Waals surface area contributed by atoms with Crippen molar-refractivity contribution in [2.24, 2.45) is 0 Å². The van der Waals surface area contributed by atoms with E-state index in [0.717, 1.165) is 44.3 Å². The molecule has 0 bridgehead atoms. The molecule has 0 N–H and O–H groups in total. The van der Waals surface area contributed by atoms with E-state index in [9.17, 15) is 0 Å². The van der Waals surface area contributed by atoms with Crippen LogP contribution in [0.2, 0.25) is 0 Å². The number of morpholine rings is 1. The van der Waals surface area contributed by atoms with E-state index >= 15 is 0 Å². The lowest BCUT2D eigenvalue weighted by Crippen LogP contribution is -2.38. The lowest BCUT2D eigenvalue weighted by atomic mass is 10.1. The van der Waals surface area contributed by atoms with Crippen molar-refractivity contribution in [3.8, 4) is 0 Å². The Bertz CT molecular complexity index is 674. The molecule has 128 valence electrons. The van der Waals surface area contributed by atoms with E-state index in [1.54, 1.807) is 0 Å². The Hall–Kier alpha value is -1.82. The Morgan fingerprint density at radius 3 is 2.88 bits per heavy atom. The third-order valence-electron chi connectivity index (χ3n) is 4.30. The van der Waals surface area contributed by atoms with Crippen LogP contribution in [0.1, 0.15) is 28.7 Å². The average molecular weight is 326 g/mol. The number of benzene rings is 1. The van der Waals surface area contributed by atoms with Gasteiger partial charge in [0.1, 0.15) is 6.10 Å².